The average molecular weight is 1170 g/mol. The molecule has 3 N–H and O–H groups in total. The molecule has 4 heterocycles. The standard InChI is InChI=1S/C59H64F3N6O12PS/c1-57(2,3)50(64-52(72)47-32-38-29-39(19-23-46(38)82-47)59(61,62)81(77,78)80-34-79-56(76)58(4,5)6)55(75)67-27-12-16-45(67)54(74)66(41-21-18-36-30-40(60)20-17-37(36)31-41)28-25-49(70)65(7)26-10-8-9-13-35-14-11-15-42-43(35)33-68(53(42)73)44-22-24-48(69)63-51(44)71/h11,14-15,17-21,23,29-32,44-45,50H,8,10,12,16,22,24-28,33-34H2,1-7H3,(H,64,72)(H,77,78)(H,63,69,71)/t44?,45-,50+/m0/s1. The molecule has 3 aliphatic heterocycles. The molecule has 7 amide bonds. The SMILES string of the molecule is CN(CCCC#Cc1cccc2c1CN(C1CCC(=O)NC1=O)C2=O)C(=O)CCN(C(=O)[C@@H]1CCCN1C(=O)[C@@H](NC(=O)c1cc2cc(C(F)(F)P(=O)(O)OCOC(=O)C(C)(C)C)ccc2s1)C(C)(C)C)c1ccc2cc(F)ccc2c1. The van der Waals surface area contributed by atoms with Gasteiger partial charge in [0.2, 0.25) is 36.3 Å². The predicted octanol–water partition coefficient (Wildman–Crippen LogP) is 8.60. The minimum absolute atomic E-state index is 0.0319. The van der Waals surface area contributed by atoms with Gasteiger partial charge >= 0.3 is 19.2 Å². The number of nitrogens with one attached hydrogen (secondary N) is 2. The molecule has 18 nitrogen and oxygen atoms in total. The van der Waals surface area contributed by atoms with Crippen LogP contribution in [0.25, 0.3) is 20.9 Å². The van der Waals surface area contributed by atoms with Crippen molar-refractivity contribution in [3.63, 3.8) is 0 Å². The van der Waals surface area contributed by atoms with Crippen LogP contribution in [0.3, 0.4) is 0 Å². The lowest BCUT2D eigenvalue weighted by molar-refractivity contribution is -0.160. The van der Waals surface area contributed by atoms with Gasteiger partial charge in [-0.1, -0.05) is 56.9 Å². The second-order valence-electron chi connectivity index (χ2n) is 22.7. The summed E-state index contributed by atoms with van der Waals surface area (Å²) in [5, 5.41) is 6.45. The number of hydrogen-bond donors (Lipinski definition) is 3. The van der Waals surface area contributed by atoms with Crippen LogP contribution >= 0.6 is 18.9 Å². The van der Waals surface area contributed by atoms with Crippen LogP contribution < -0.4 is 15.5 Å². The number of carbonyl (C=O) groups excluding carboxylic acids is 8. The number of fused-ring (bicyclic) bond motifs is 3. The lowest BCUT2D eigenvalue weighted by Gasteiger charge is -2.36. The smallest absolute Gasteiger partial charge is 0.404 e. The van der Waals surface area contributed by atoms with E-state index in [4.69, 9.17) is 4.74 Å². The van der Waals surface area contributed by atoms with E-state index in [1.165, 1.54) is 64.6 Å². The van der Waals surface area contributed by atoms with Gasteiger partial charge in [-0.25, -0.2) is 4.39 Å². The minimum Gasteiger partial charge on any atom is -0.438 e. The third-order valence-corrected chi connectivity index (χ3v) is 17.2. The van der Waals surface area contributed by atoms with Gasteiger partial charge in [-0.3, -0.25) is 52.8 Å². The number of esters is 1. The first-order valence-electron chi connectivity index (χ1n) is 26.7. The molecule has 0 spiro atoms. The Bertz CT molecular complexity index is 3510. The quantitative estimate of drug-likeness (QED) is 0.0199. The normalized spacial score (nSPS) is 17.6. The number of nitrogens with zero attached hydrogens (tertiary/aromatic N) is 4. The van der Waals surface area contributed by atoms with Gasteiger partial charge in [0.05, 0.1) is 10.3 Å². The molecule has 0 aliphatic carbocycles. The summed E-state index contributed by atoms with van der Waals surface area (Å²) in [6.07, 6.45) is 1.86. The largest absolute Gasteiger partial charge is 0.438 e. The number of thiophene rings is 1. The molecular weight excluding hydrogens is 1100 g/mol. The Morgan fingerprint density at radius 1 is 0.927 bits per heavy atom. The number of ether oxygens (including phenoxy) is 1. The second kappa shape index (κ2) is 24.2. The maximum absolute atomic E-state index is 15.6. The van der Waals surface area contributed by atoms with Crippen molar-refractivity contribution in [2.45, 2.75) is 117 Å². The lowest BCUT2D eigenvalue weighted by Crippen LogP contribution is -2.58. The van der Waals surface area contributed by atoms with Crippen LogP contribution in [0, 0.1) is 28.5 Å². The molecule has 4 aromatic carbocycles. The van der Waals surface area contributed by atoms with E-state index < -0.39 is 90.0 Å². The van der Waals surface area contributed by atoms with E-state index in [9.17, 15) is 52.2 Å². The molecule has 8 rings (SSSR count). The highest BCUT2D eigenvalue weighted by Crippen LogP contribution is 2.63. The van der Waals surface area contributed by atoms with Crippen molar-refractivity contribution in [3.8, 4) is 11.8 Å². The van der Waals surface area contributed by atoms with Crippen LogP contribution in [0.1, 0.15) is 123 Å². The van der Waals surface area contributed by atoms with Gasteiger partial charge in [-0.05, 0) is 128 Å². The fourth-order valence-electron chi connectivity index (χ4n) is 9.96. The summed E-state index contributed by atoms with van der Waals surface area (Å²) in [5.41, 5.74) is -5.12. The van der Waals surface area contributed by atoms with Crippen molar-refractivity contribution in [2.24, 2.45) is 10.8 Å². The molecule has 4 atom stereocenters. The van der Waals surface area contributed by atoms with Crippen molar-refractivity contribution in [3.05, 3.63) is 112 Å². The molecule has 2 saturated heterocycles. The Hall–Kier alpha value is -7.44. The summed E-state index contributed by atoms with van der Waals surface area (Å²) in [5.74, 6) is 1.78. The number of amides is 7. The number of hydrogen-bond acceptors (Lipinski definition) is 12. The molecular formula is C59H64F3N6O12PS. The fourth-order valence-corrected chi connectivity index (χ4v) is 11.7. The van der Waals surface area contributed by atoms with Crippen LogP contribution in [0.4, 0.5) is 18.9 Å². The number of carbonyl (C=O) groups is 8. The number of benzene rings is 4. The minimum atomic E-state index is -5.77. The maximum Gasteiger partial charge on any atom is 0.404 e. The molecule has 1 aromatic heterocycles. The zero-order chi connectivity index (χ0) is 59.6. The van der Waals surface area contributed by atoms with Gasteiger partial charge in [0.15, 0.2) is 0 Å². The summed E-state index contributed by atoms with van der Waals surface area (Å²) in [6, 6.07) is 15.9. The maximum atomic E-state index is 15.6. The van der Waals surface area contributed by atoms with Crippen LogP contribution in [0.5, 0.6) is 0 Å². The Morgan fingerprint density at radius 3 is 2.38 bits per heavy atom. The van der Waals surface area contributed by atoms with Crippen LogP contribution in [-0.2, 0) is 54.8 Å². The van der Waals surface area contributed by atoms with Crippen molar-refractivity contribution in [1.82, 2.24) is 25.3 Å². The van der Waals surface area contributed by atoms with Crippen LogP contribution in [0.15, 0.2) is 78.9 Å². The molecule has 82 heavy (non-hydrogen) atoms. The van der Waals surface area contributed by atoms with Crippen LogP contribution in [-0.4, -0.2) is 119 Å². The van der Waals surface area contributed by atoms with Crippen molar-refractivity contribution in [2.75, 3.05) is 38.4 Å². The zero-order valence-corrected chi connectivity index (χ0v) is 48.1. The van der Waals surface area contributed by atoms with E-state index in [0.717, 1.165) is 23.5 Å². The first-order chi connectivity index (χ1) is 38.5. The molecule has 5 aromatic rings. The van der Waals surface area contributed by atoms with Gasteiger partial charge in [0.1, 0.15) is 23.9 Å². The van der Waals surface area contributed by atoms with E-state index in [0.29, 0.717) is 63.7 Å². The van der Waals surface area contributed by atoms with Crippen molar-refractivity contribution in [1.29, 1.82) is 0 Å². The monoisotopic (exact) mass is 1170 g/mol. The number of rotatable bonds is 17. The highest BCUT2D eigenvalue weighted by atomic mass is 32.1. The predicted molar refractivity (Wildman–Crippen MR) is 300 cm³/mol. The topological polar surface area (TPSA) is 229 Å². The first kappa shape index (κ1) is 60.7. The number of unbranched alkanes of at least 4 members (excludes halogenated alkanes) is 1. The number of alkyl halides is 2. The Labute approximate surface area is 476 Å². The molecule has 0 bridgehead atoms. The third-order valence-electron chi connectivity index (χ3n) is 14.6. The highest BCUT2D eigenvalue weighted by molar-refractivity contribution is 7.53. The number of halogens is 3. The summed E-state index contributed by atoms with van der Waals surface area (Å²) >= 11 is 0.931. The Balaban J connectivity index is 0.928. The number of anilines is 1. The van der Waals surface area contributed by atoms with Gasteiger partial charge in [0.25, 0.3) is 11.8 Å². The Kier molecular flexibility index (Phi) is 17.9. The molecule has 3 aliphatic rings. The van der Waals surface area contributed by atoms with E-state index in [-0.39, 0.29) is 73.3 Å². The molecule has 2 unspecified atom stereocenters. The molecule has 23 heteroatoms. The van der Waals surface area contributed by atoms with E-state index in [1.807, 2.05) is 0 Å². The van der Waals surface area contributed by atoms with Crippen LogP contribution in [0.2, 0.25) is 0 Å². The Morgan fingerprint density at radius 2 is 1.66 bits per heavy atom. The number of imide groups is 1. The number of piperidine rings is 1. The van der Waals surface area contributed by atoms with E-state index in [1.54, 1.807) is 70.3 Å². The summed E-state index contributed by atoms with van der Waals surface area (Å²) < 4.78 is 67.8. The lowest BCUT2D eigenvalue weighted by atomic mass is 9.85. The second-order valence-corrected chi connectivity index (χ2v) is 25.6. The van der Waals surface area contributed by atoms with Crippen molar-refractivity contribution < 1.29 is 70.2 Å². The van der Waals surface area contributed by atoms with Gasteiger partial charge in [0, 0.05) is 79.6 Å². The zero-order valence-electron chi connectivity index (χ0n) is 46.4. The summed E-state index contributed by atoms with van der Waals surface area (Å²) in [6.45, 7) is 9.09. The first-order valence-corrected chi connectivity index (χ1v) is 29.1. The highest BCUT2D eigenvalue weighted by Gasteiger charge is 2.53. The number of likely N-dealkylation sites (tertiary alicyclic amines) is 1. The summed E-state index contributed by atoms with van der Waals surface area (Å²) in [4.78, 5) is 123. The third kappa shape index (κ3) is 13.2. The van der Waals surface area contributed by atoms with Crippen molar-refractivity contribution >= 4 is 92.8 Å². The molecule has 434 valence electrons. The van der Waals surface area contributed by atoms with E-state index in [2.05, 4.69) is 27.0 Å². The molecule has 0 radical (unpaired) electrons. The van der Waals surface area contributed by atoms with Gasteiger partial charge < -0.3 is 34.5 Å². The molecule has 2 fully saturated rings. The molecule has 0 saturated carbocycles. The average Bonchev–Trinajstić information content (AvgIpc) is 4.34. The summed E-state index contributed by atoms with van der Waals surface area (Å²) in [7, 11) is -4.12. The van der Waals surface area contributed by atoms with E-state index >= 15 is 8.78 Å². The van der Waals surface area contributed by atoms with Gasteiger partial charge in [-0.15, -0.1) is 11.3 Å². The van der Waals surface area contributed by atoms with Gasteiger partial charge in [-0.2, -0.15) is 8.78 Å². The fraction of sp³-hybridized carbons (Fsp3) is 0.424.